The molecule has 0 radical (unpaired) electrons. The topological polar surface area (TPSA) is 41.1 Å². The summed E-state index contributed by atoms with van der Waals surface area (Å²) in [5.41, 5.74) is 0. The van der Waals surface area contributed by atoms with Gasteiger partial charge in [0.15, 0.2) is 0 Å². The van der Waals surface area contributed by atoms with Crippen molar-refractivity contribution in [2.75, 3.05) is 19.6 Å². The van der Waals surface area contributed by atoms with E-state index in [0.717, 1.165) is 25.9 Å². The number of halogens is 1. The van der Waals surface area contributed by atoms with Crippen molar-refractivity contribution in [2.45, 2.75) is 25.4 Å². The summed E-state index contributed by atoms with van der Waals surface area (Å²) in [5.74, 6) is 0.454. The molecule has 14 heavy (non-hydrogen) atoms. The fourth-order valence-corrected chi connectivity index (χ4v) is 2.55. The molecule has 0 aromatic rings. The number of hydrogen-bond donors (Lipinski definition) is 2. The van der Waals surface area contributed by atoms with Gasteiger partial charge in [-0.2, -0.15) is 0 Å². The van der Waals surface area contributed by atoms with Crippen molar-refractivity contribution >= 4 is 5.91 Å². The number of amides is 1. The lowest BCUT2D eigenvalue weighted by atomic mass is 9.78. The second-order valence-corrected chi connectivity index (χ2v) is 4.28. The molecule has 0 spiro atoms. The van der Waals surface area contributed by atoms with E-state index >= 15 is 0 Å². The standard InChI is InChI=1S/C10H17FN2O/c11-9-6-12-3-2-8(9)7-1-4-13-10(14)5-7/h7-9,12H,1-6H2,(H,13,14). The predicted octanol–water partition coefficient (Wildman–Crippen LogP) is 0.460. The summed E-state index contributed by atoms with van der Waals surface area (Å²) in [7, 11) is 0. The normalized spacial score (nSPS) is 39.2. The molecule has 2 rings (SSSR count). The van der Waals surface area contributed by atoms with Crippen LogP contribution in [0.15, 0.2) is 0 Å². The second-order valence-electron chi connectivity index (χ2n) is 4.28. The Labute approximate surface area is 83.4 Å². The summed E-state index contributed by atoms with van der Waals surface area (Å²) < 4.78 is 13.6. The molecular weight excluding hydrogens is 183 g/mol. The van der Waals surface area contributed by atoms with Crippen molar-refractivity contribution in [2.24, 2.45) is 11.8 Å². The van der Waals surface area contributed by atoms with Gasteiger partial charge < -0.3 is 10.6 Å². The number of alkyl halides is 1. The van der Waals surface area contributed by atoms with Crippen LogP contribution < -0.4 is 10.6 Å². The SMILES string of the molecule is O=C1CC(C2CCNCC2F)CCN1. The molecule has 0 bridgehead atoms. The van der Waals surface area contributed by atoms with E-state index in [1.807, 2.05) is 0 Å². The van der Waals surface area contributed by atoms with Crippen LogP contribution in [0.4, 0.5) is 4.39 Å². The van der Waals surface area contributed by atoms with E-state index in [0.29, 0.717) is 13.0 Å². The lowest BCUT2D eigenvalue weighted by Gasteiger charge is -2.35. The molecule has 3 nitrogen and oxygen atoms in total. The Morgan fingerprint density at radius 2 is 2.14 bits per heavy atom. The van der Waals surface area contributed by atoms with Crippen LogP contribution >= 0.6 is 0 Å². The maximum absolute atomic E-state index is 13.6. The number of rotatable bonds is 1. The molecule has 3 atom stereocenters. The highest BCUT2D eigenvalue weighted by molar-refractivity contribution is 5.76. The van der Waals surface area contributed by atoms with E-state index in [1.165, 1.54) is 0 Å². The molecule has 1 amide bonds. The molecule has 80 valence electrons. The fourth-order valence-electron chi connectivity index (χ4n) is 2.55. The van der Waals surface area contributed by atoms with Gasteiger partial charge in [-0.3, -0.25) is 4.79 Å². The van der Waals surface area contributed by atoms with Crippen LogP contribution in [-0.2, 0) is 4.79 Å². The summed E-state index contributed by atoms with van der Waals surface area (Å²) in [4.78, 5) is 11.2. The van der Waals surface area contributed by atoms with Crippen molar-refractivity contribution in [1.82, 2.24) is 10.6 Å². The summed E-state index contributed by atoms with van der Waals surface area (Å²) in [6, 6.07) is 0. The minimum Gasteiger partial charge on any atom is -0.356 e. The second kappa shape index (κ2) is 4.26. The molecule has 4 heteroatoms. The van der Waals surface area contributed by atoms with Crippen molar-refractivity contribution in [3.63, 3.8) is 0 Å². The smallest absolute Gasteiger partial charge is 0.220 e. The molecule has 2 aliphatic rings. The van der Waals surface area contributed by atoms with Gasteiger partial charge in [0.25, 0.3) is 0 Å². The van der Waals surface area contributed by atoms with Crippen molar-refractivity contribution in [3.05, 3.63) is 0 Å². The largest absolute Gasteiger partial charge is 0.356 e. The van der Waals surface area contributed by atoms with Crippen LogP contribution in [0.1, 0.15) is 19.3 Å². The number of nitrogens with one attached hydrogen (secondary N) is 2. The summed E-state index contributed by atoms with van der Waals surface area (Å²) in [6.45, 7) is 2.08. The van der Waals surface area contributed by atoms with E-state index in [-0.39, 0.29) is 17.7 Å². The Morgan fingerprint density at radius 1 is 1.29 bits per heavy atom. The van der Waals surface area contributed by atoms with Gasteiger partial charge in [-0.25, -0.2) is 4.39 Å². The van der Waals surface area contributed by atoms with Crippen molar-refractivity contribution in [3.8, 4) is 0 Å². The van der Waals surface area contributed by atoms with Crippen LogP contribution in [0.5, 0.6) is 0 Å². The highest BCUT2D eigenvalue weighted by Crippen LogP contribution is 2.30. The van der Waals surface area contributed by atoms with Gasteiger partial charge in [-0.05, 0) is 31.2 Å². The predicted molar refractivity (Wildman–Crippen MR) is 51.6 cm³/mol. The summed E-state index contributed by atoms with van der Waals surface area (Å²) >= 11 is 0. The third kappa shape index (κ3) is 2.05. The van der Waals surface area contributed by atoms with Crippen molar-refractivity contribution in [1.29, 1.82) is 0 Å². The molecule has 2 fully saturated rings. The van der Waals surface area contributed by atoms with E-state index in [2.05, 4.69) is 10.6 Å². The highest BCUT2D eigenvalue weighted by Gasteiger charge is 2.34. The summed E-state index contributed by atoms with van der Waals surface area (Å²) in [6.07, 6.45) is 1.57. The first-order chi connectivity index (χ1) is 6.77. The van der Waals surface area contributed by atoms with Crippen LogP contribution in [0.25, 0.3) is 0 Å². The van der Waals surface area contributed by atoms with Crippen LogP contribution in [0, 0.1) is 11.8 Å². The summed E-state index contributed by atoms with van der Waals surface area (Å²) in [5, 5.41) is 5.83. The van der Waals surface area contributed by atoms with Gasteiger partial charge in [-0.15, -0.1) is 0 Å². The van der Waals surface area contributed by atoms with Gasteiger partial charge >= 0.3 is 0 Å². The zero-order valence-corrected chi connectivity index (χ0v) is 8.26. The maximum Gasteiger partial charge on any atom is 0.220 e. The molecule has 0 aromatic carbocycles. The number of piperidine rings is 2. The van der Waals surface area contributed by atoms with Crippen molar-refractivity contribution < 1.29 is 9.18 Å². The highest BCUT2D eigenvalue weighted by atomic mass is 19.1. The molecule has 2 saturated heterocycles. The first-order valence-corrected chi connectivity index (χ1v) is 5.39. The minimum atomic E-state index is -0.764. The Kier molecular flexibility index (Phi) is 3.01. The fraction of sp³-hybridized carbons (Fsp3) is 0.900. The Balaban J connectivity index is 1.94. The van der Waals surface area contributed by atoms with Crippen LogP contribution in [0.3, 0.4) is 0 Å². The Hall–Kier alpha value is -0.640. The van der Waals surface area contributed by atoms with E-state index < -0.39 is 6.17 Å². The van der Waals surface area contributed by atoms with Gasteiger partial charge in [0.2, 0.25) is 5.91 Å². The molecular formula is C10H17FN2O. The average Bonchev–Trinajstić information content (AvgIpc) is 2.18. The average molecular weight is 200 g/mol. The molecule has 2 heterocycles. The molecule has 3 unspecified atom stereocenters. The van der Waals surface area contributed by atoms with Crippen LogP contribution in [-0.4, -0.2) is 31.7 Å². The monoisotopic (exact) mass is 200 g/mol. The van der Waals surface area contributed by atoms with Gasteiger partial charge in [-0.1, -0.05) is 0 Å². The minimum absolute atomic E-state index is 0.0898. The number of carbonyl (C=O) groups is 1. The van der Waals surface area contributed by atoms with Crippen LogP contribution in [0.2, 0.25) is 0 Å². The lowest BCUT2D eigenvalue weighted by molar-refractivity contribution is -0.124. The third-order valence-corrected chi connectivity index (χ3v) is 3.35. The first-order valence-electron chi connectivity index (χ1n) is 5.39. The lowest BCUT2D eigenvalue weighted by Crippen LogP contribution is -2.45. The zero-order chi connectivity index (χ0) is 9.97. The molecule has 0 aliphatic carbocycles. The van der Waals surface area contributed by atoms with E-state index in [1.54, 1.807) is 0 Å². The number of hydrogen-bond acceptors (Lipinski definition) is 2. The quantitative estimate of drug-likeness (QED) is 0.645. The molecule has 2 aliphatic heterocycles. The molecule has 0 saturated carbocycles. The molecule has 0 aromatic heterocycles. The Morgan fingerprint density at radius 3 is 2.86 bits per heavy atom. The van der Waals surface area contributed by atoms with E-state index in [4.69, 9.17) is 0 Å². The third-order valence-electron chi connectivity index (χ3n) is 3.35. The number of carbonyl (C=O) groups excluding carboxylic acids is 1. The molecule has 2 N–H and O–H groups in total. The first kappa shape index (κ1) is 9.90. The zero-order valence-electron chi connectivity index (χ0n) is 8.26. The van der Waals surface area contributed by atoms with Gasteiger partial charge in [0, 0.05) is 19.5 Å². The van der Waals surface area contributed by atoms with Gasteiger partial charge in [0.1, 0.15) is 6.17 Å². The maximum atomic E-state index is 13.6. The van der Waals surface area contributed by atoms with Gasteiger partial charge in [0.05, 0.1) is 0 Å². The Bertz CT molecular complexity index is 222. The van der Waals surface area contributed by atoms with E-state index in [9.17, 15) is 9.18 Å².